The van der Waals surface area contributed by atoms with Crippen LogP contribution in [-0.2, 0) is 0 Å². The molecule has 1 fully saturated rings. The number of carbonyl (C=O) groups excluding carboxylic acids is 1. The summed E-state index contributed by atoms with van der Waals surface area (Å²) in [7, 11) is 3.78. The first kappa shape index (κ1) is 20.5. The third-order valence-corrected chi connectivity index (χ3v) is 6.66. The summed E-state index contributed by atoms with van der Waals surface area (Å²) in [5.41, 5.74) is 6.29. The highest BCUT2D eigenvalue weighted by Crippen LogP contribution is 2.34. The number of amides is 1. The molecule has 0 aliphatic heterocycles. The van der Waals surface area contributed by atoms with Gasteiger partial charge in [-0.1, -0.05) is 12.8 Å². The molecule has 9 heteroatoms. The van der Waals surface area contributed by atoms with Gasteiger partial charge in [-0.3, -0.25) is 4.79 Å². The number of anilines is 3. The van der Waals surface area contributed by atoms with Crippen molar-refractivity contribution >= 4 is 44.8 Å². The predicted octanol–water partition coefficient (Wildman–Crippen LogP) is 3.64. The van der Waals surface area contributed by atoms with Crippen LogP contribution < -0.4 is 21.3 Å². The maximum Gasteiger partial charge on any atom is 0.252 e. The van der Waals surface area contributed by atoms with Crippen molar-refractivity contribution in [1.82, 2.24) is 15.3 Å². The second-order valence-electron chi connectivity index (χ2n) is 7.54. The van der Waals surface area contributed by atoms with E-state index in [2.05, 4.69) is 20.6 Å². The van der Waals surface area contributed by atoms with Gasteiger partial charge in [0.05, 0.1) is 11.3 Å². The van der Waals surface area contributed by atoms with Crippen LogP contribution in [0.1, 0.15) is 36.0 Å². The molecular weight excluding hydrogens is 403 g/mol. The van der Waals surface area contributed by atoms with E-state index in [-0.39, 0.29) is 29.3 Å². The smallest absolute Gasteiger partial charge is 0.252 e. The number of nitrogens with two attached hydrogens (primary N) is 1. The highest BCUT2D eigenvalue weighted by molar-refractivity contribution is 7.17. The first-order valence-corrected chi connectivity index (χ1v) is 10.9. The molecule has 30 heavy (non-hydrogen) atoms. The van der Waals surface area contributed by atoms with Gasteiger partial charge in [0.2, 0.25) is 0 Å². The molecule has 0 radical (unpaired) electrons. The zero-order valence-electron chi connectivity index (χ0n) is 17.0. The minimum atomic E-state index is -0.735. The van der Waals surface area contributed by atoms with Gasteiger partial charge >= 0.3 is 0 Å². The van der Waals surface area contributed by atoms with Crippen molar-refractivity contribution in [3.05, 3.63) is 41.2 Å². The Labute approximate surface area is 178 Å². The molecular formula is C21H25FN6OS. The Hall–Kier alpha value is -2.78. The van der Waals surface area contributed by atoms with Gasteiger partial charge < -0.3 is 21.3 Å². The normalized spacial score (nSPS) is 19.0. The number of hydrogen-bond donors (Lipinski definition) is 3. The van der Waals surface area contributed by atoms with Crippen molar-refractivity contribution in [2.45, 2.75) is 37.8 Å². The van der Waals surface area contributed by atoms with Gasteiger partial charge in [-0.05, 0) is 38.1 Å². The lowest BCUT2D eigenvalue weighted by atomic mass is 9.89. The van der Waals surface area contributed by atoms with Crippen molar-refractivity contribution in [2.24, 2.45) is 5.73 Å². The number of aromatic nitrogens is 2. The van der Waals surface area contributed by atoms with Gasteiger partial charge in [0, 0.05) is 36.1 Å². The molecule has 4 N–H and O–H groups in total. The Morgan fingerprint density at radius 1 is 1.37 bits per heavy atom. The molecule has 7 nitrogen and oxygen atoms in total. The number of nitrogens with zero attached hydrogens (tertiary/aromatic N) is 3. The molecule has 0 bridgehead atoms. The molecule has 2 unspecified atom stereocenters. The van der Waals surface area contributed by atoms with E-state index in [0.29, 0.717) is 0 Å². The molecule has 0 aromatic carbocycles. The van der Waals surface area contributed by atoms with Crippen LogP contribution in [0.3, 0.4) is 0 Å². The van der Waals surface area contributed by atoms with E-state index in [1.165, 1.54) is 17.4 Å². The van der Waals surface area contributed by atoms with E-state index in [0.717, 1.165) is 41.6 Å². The molecule has 3 aromatic rings. The Bertz CT molecular complexity index is 1070. The summed E-state index contributed by atoms with van der Waals surface area (Å²) in [4.78, 5) is 23.6. The summed E-state index contributed by atoms with van der Waals surface area (Å²) in [6.45, 7) is 0. The van der Waals surface area contributed by atoms with Crippen molar-refractivity contribution in [3.63, 3.8) is 0 Å². The molecule has 4 rings (SSSR count). The summed E-state index contributed by atoms with van der Waals surface area (Å²) < 4.78 is 15.0. The van der Waals surface area contributed by atoms with Crippen molar-refractivity contribution in [2.75, 3.05) is 24.3 Å². The third kappa shape index (κ3) is 3.82. The first-order valence-electron chi connectivity index (χ1n) is 9.99. The van der Waals surface area contributed by atoms with Crippen LogP contribution in [0.4, 0.5) is 21.7 Å². The molecule has 158 valence electrons. The zero-order chi connectivity index (χ0) is 21.3. The SMILES string of the molecule is CNC1CCCCC1N(C)c1nc(Nc2csc3ncccc23)c(C(N)=O)cc1F. The van der Waals surface area contributed by atoms with Gasteiger partial charge in [-0.2, -0.15) is 0 Å². The van der Waals surface area contributed by atoms with E-state index < -0.39 is 11.7 Å². The van der Waals surface area contributed by atoms with Crippen LogP contribution >= 0.6 is 11.3 Å². The third-order valence-electron chi connectivity index (χ3n) is 5.76. The highest BCUT2D eigenvalue weighted by Gasteiger charge is 2.30. The number of likely N-dealkylation sites (N-methyl/N-ethyl adjacent to an activating group) is 2. The number of primary amides is 1. The molecule has 1 amide bonds. The molecule has 0 spiro atoms. The number of nitrogens with one attached hydrogen (secondary N) is 2. The van der Waals surface area contributed by atoms with E-state index in [1.807, 2.05) is 36.5 Å². The molecule has 1 saturated carbocycles. The Morgan fingerprint density at radius 2 is 2.17 bits per heavy atom. The molecule has 2 atom stereocenters. The second kappa shape index (κ2) is 8.53. The summed E-state index contributed by atoms with van der Waals surface area (Å²) in [6.07, 6.45) is 5.95. The van der Waals surface area contributed by atoms with Gasteiger partial charge in [0.1, 0.15) is 10.6 Å². The van der Waals surface area contributed by atoms with Crippen LogP contribution in [0.15, 0.2) is 29.8 Å². The second-order valence-corrected chi connectivity index (χ2v) is 8.40. The van der Waals surface area contributed by atoms with Gasteiger partial charge in [0.15, 0.2) is 11.6 Å². The lowest BCUT2D eigenvalue weighted by molar-refractivity contribution is 0.100. The number of hydrogen-bond acceptors (Lipinski definition) is 7. The number of halogens is 1. The zero-order valence-corrected chi connectivity index (χ0v) is 17.8. The van der Waals surface area contributed by atoms with Gasteiger partial charge in [0.25, 0.3) is 5.91 Å². The van der Waals surface area contributed by atoms with Crippen LogP contribution in [0.25, 0.3) is 10.2 Å². The van der Waals surface area contributed by atoms with E-state index in [4.69, 9.17) is 5.73 Å². The van der Waals surface area contributed by atoms with Crippen LogP contribution in [0.2, 0.25) is 0 Å². The molecule has 0 saturated heterocycles. The Morgan fingerprint density at radius 3 is 2.93 bits per heavy atom. The highest BCUT2D eigenvalue weighted by atomic mass is 32.1. The minimum Gasteiger partial charge on any atom is -0.365 e. The fourth-order valence-corrected chi connectivity index (χ4v) is 5.01. The lowest BCUT2D eigenvalue weighted by Crippen LogP contribution is -2.50. The van der Waals surface area contributed by atoms with Crippen LogP contribution in [0, 0.1) is 5.82 Å². The maximum atomic E-state index is 15.0. The number of pyridine rings is 2. The monoisotopic (exact) mass is 428 g/mol. The summed E-state index contributed by atoms with van der Waals surface area (Å²) in [5, 5.41) is 9.32. The summed E-state index contributed by atoms with van der Waals surface area (Å²) in [5.74, 6) is -0.853. The van der Waals surface area contributed by atoms with E-state index in [9.17, 15) is 9.18 Å². The number of fused-ring (bicyclic) bond motifs is 1. The van der Waals surface area contributed by atoms with Crippen LogP contribution in [0.5, 0.6) is 0 Å². The molecule has 1 aliphatic rings. The molecule has 3 heterocycles. The average molecular weight is 429 g/mol. The summed E-state index contributed by atoms with van der Waals surface area (Å²) >= 11 is 1.48. The molecule has 1 aliphatic carbocycles. The van der Waals surface area contributed by atoms with Crippen molar-refractivity contribution in [1.29, 1.82) is 0 Å². The van der Waals surface area contributed by atoms with Crippen LogP contribution in [-0.4, -0.2) is 42.1 Å². The lowest BCUT2D eigenvalue weighted by Gasteiger charge is -2.38. The number of rotatable bonds is 6. The molecule has 3 aromatic heterocycles. The largest absolute Gasteiger partial charge is 0.365 e. The first-order chi connectivity index (χ1) is 14.5. The Balaban J connectivity index is 1.73. The maximum absolute atomic E-state index is 15.0. The van der Waals surface area contributed by atoms with Crippen molar-refractivity contribution < 1.29 is 9.18 Å². The predicted molar refractivity (Wildman–Crippen MR) is 119 cm³/mol. The minimum absolute atomic E-state index is 0.0155. The van der Waals surface area contributed by atoms with E-state index in [1.54, 1.807) is 6.20 Å². The van der Waals surface area contributed by atoms with E-state index >= 15 is 0 Å². The quantitative estimate of drug-likeness (QED) is 0.555. The standard InChI is InChI=1S/C21H25FN6OS/c1-24-15-7-3-4-8-17(15)28(2)20-14(22)10-13(18(23)29)19(27-20)26-16-11-30-21-12(16)6-5-9-25-21/h5-6,9-11,15,17,24H,3-4,7-8H2,1-2H3,(H2,23,29)(H,26,27). The van der Waals surface area contributed by atoms with Gasteiger partial charge in [-0.15, -0.1) is 11.3 Å². The number of carbonyl (C=O) groups is 1. The van der Waals surface area contributed by atoms with Gasteiger partial charge in [-0.25, -0.2) is 14.4 Å². The Kier molecular flexibility index (Phi) is 5.83. The average Bonchev–Trinajstić information content (AvgIpc) is 3.17. The topological polar surface area (TPSA) is 96.2 Å². The number of thiophene rings is 1. The fraction of sp³-hybridized carbons (Fsp3) is 0.381. The van der Waals surface area contributed by atoms with Crippen molar-refractivity contribution in [3.8, 4) is 0 Å². The fourth-order valence-electron chi connectivity index (χ4n) is 4.17. The summed E-state index contributed by atoms with van der Waals surface area (Å²) in [6, 6.07) is 5.32.